The number of nitrogens with two attached hydrogens (primary N) is 1. The molecular weight excluding hydrogens is 312 g/mol. The Balaban J connectivity index is 0.00000400. The molecule has 0 fully saturated rings. The van der Waals surface area contributed by atoms with Crippen LogP contribution in [0, 0.1) is 0 Å². The molecule has 5 nitrogen and oxygen atoms in total. The van der Waals surface area contributed by atoms with Crippen LogP contribution in [0.5, 0.6) is 0 Å². The summed E-state index contributed by atoms with van der Waals surface area (Å²) in [5.74, 6) is -0.267. The van der Waals surface area contributed by atoms with Crippen molar-refractivity contribution in [3.8, 4) is 0 Å². The average molecular weight is 335 g/mol. The molecule has 0 atom stereocenters. The van der Waals surface area contributed by atoms with Gasteiger partial charge in [-0.3, -0.25) is 4.79 Å². The van der Waals surface area contributed by atoms with Crippen LogP contribution in [0.1, 0.15) is 38.1 Å². The Labute approximate surface area is 132 Å². The number of hydrogen-bond acceptors (Lipinski definition) is 4. The van der Waals surface area contributed by atoms with Gasteiger partial charge in [0.05, 0.1) is 10.1 Å². The van der Waals surface area contributed by atoms with Crippen LogP contribution in [0.3, 0.4) is 0 Å². The number of amides is 1. The first-order valence-electron chi connectivity index (χ1n) is 6.45. The summed E-state index contributed by atoms with van der Waals surface area (Å²) in [4.78, 5) is 12.1. The smallest absolute Gasteiger partial charge is 0.251 e. The van der Waals surface area contributed by atoms with Gasteiger partial charge in [-0.15, -0.1) is 12.4 Å². The van der Waals surface area contributed by atoms with Crippen LogP contribution in [0.4, 0.5) is 0 Å². The van der Waals surface area contributed by atoms with E-state index >= 15 is 0 Å². The molecule has 0 unspecified atom stereocenters. The largest absolute Gasteiger partial charge is 0.350 e. The van der Waals surface area contributed by atoms with E-state index in [2.05, 4.69) is 5.32 Å². The minimum Gasteiger partial charge on any atom is -0.350 e. The lowest BCUT2D eigenvalue weighted by Crippen LogP contribution is -2.45. The van der Waals surface area contributed by atoms with Crippen LogP contribution in [-0.4, -0.2) is 31.7 Å². The number of sulfone groups is 1. The van der Waals surface area contributed by atoms with Crippen molar-refractivity contribution in [1.29, 1.82) is 0 Å². The van der Waals surface area contributed by atoms with Gasteiger partial charge in [-0.1, -0.05) is 0 Å². The Morgan fingerprint density at radius 2 is 1.71 bits per heavy atom. The lowest BCUT2D eigenvalue weighted by molar-refractivity contribution is 0.0946. The molecule has 1 aromatic rings. The number of halogens is 1. The third-order valence-electron chi connectivity index (χ3n) is 2.77. The van der Waals surface area contributed by atoms with E-state index in [1.165, 1.54) is 24.3 Å². The third-order valence-corrected chi connectivity index (χ3v) is 4.94. The Morgan fingerprint density at radius 3 is 2.10 bits per heavy atom. The fraction of sp³-hybridized carbons (Fsp3) is 0.500. The van der Waals surface area contributed by atoms with E-state index in [0.717, 1.165) is 0 Å². The van der Waals surface area contributed by atoms with E-state index in [9.17, 15) is 13.2 Å². The second-order valence-electron chi connectivity index (χ2n) is 5.79. The summed E-state index contributed by atoms with van der Waals surface area (Å²) in [6.07, 6.45) is 0. The van der Waals surface area contributed by atoms with Gasteiger partial charge in [-0.05, 0) is 52.0 Å². The molecular formula is C14H23ClN2O3S. The zero-order chi connectivity index (χ0) is 15.6. The molecule has 0 saturated carbocycles. The molecule has 0 aliphatic carbocycles. The van der Waals surface area contributed by atoms with E-state index in [4.69, 9.17) is 5.73 Å². The van der Waals surface area contributed by atoms with Crippen molar-refractivity contribution < 1.29 is 13.2 Å². The molecule has 0 aromatic heterocycles. The van der Waals surface area contributed by atoms with Crippen LogP contribution in [0.2, 0.25) is 0 Å². The highest BCUT2D eigenvalue weighted by Crippen LogP contribution is 2.16. The number of nitrogens with one attached hydrogen (secondary N) is 1. The summed E-state index contributed by atoms with van der Waals surface area (Å²) in [6, 6.07) is 5.93. The van der Waals surface area contributed by atoms with Crippen molar-refractivity contribution in [2.75, 3.05) is 6.54 Å². The molecule has 1 rings (SSSR count). The highest BCUT2D eigenvalue weighted by molar-refractivity contribution is 7.92. The SMILES string of the molecule is CC(C)S(=O)(=O)c1ccc(C(=O)NCC(C)(C)N)cc1.Cl. The van der Waals surface area contributed by atoms with E-state index in [-0.39, 0.29) is 23.2 Å². The number of benzene rings is 1. The number of carbonyl (C=O) groups excluding carboxylic acids is 1. The Bertz CT molecular complexity index is 575. The Morgan fingerprint density at radius 1 is 1.24 bits per heavy atom. The molecule has 0 heterocycles. The summed E-state index contributed by atoms with van der Waals surface area (Å²) < 4.78 is 23.9. The lowest BCUT2D eigenvalue weighted by atomic mass is 10.1. The average Bonchev–Trinajstić information content (AvgIpc) is 2.35. The van der Waals surface area contributed by atoms with Gasteiger partial charge in [-0.2, -0.15) is 0 Å². The lowest BCUT2D eigenvalue weighted by Gasteiger charge is -2.18. The third kappa shape index (κ3) is 5.65. The minimum atomic E-state index is -3.31. The molecule has 0 radical (unpaired) electrons. The molecule has 120 valence electrons. The molecule has 0 aliphatic rings. The van der Waals surface area contributed by atoms with Crippen LogP contribution in [0.25, 0.3) is 0 Å². The van der Waals surface area contributed by atoms with E-state index < -0.39 is 20.6 Å². The normalized spacial score (nSPS) is 11.9. The van der Waals surface area contributed by atoms with Gasteiger partial charge in [0, 0.05) is 17.6 Å². The zero-order valence-corrected chi connectivity index (χ0v) is 14.3. The quantitative estimate of drug-likeness (QED) is 0.858. The van der Waals surface area contributed by atoms with Gasteiger partial charge < -0.3 is 11.1 Å². The Kier molecular flexibility index (Phi) is 6.86. The summed E-state index contributed by atoms with van der Waals surface area (Å²) in [7, 11) is -3.31. The fourth-order valence-electron chi connectivity index (χ4n) is 1.48. The standard InChI is InChI=1S/C14H22N2O3S.ClH/c1-10(2)20(18,19)12-7-5-11(6-8-12)13(17)16-9-14(3,4)15;/h5-8,10H,9,15H2,1-4H3,(H,16,17);1H. The predicted molar refractivity (Wildman–Crippen MR) is 86.6 cm³/mol. The molecule has 0 bridgehead atoms. The zero-order valence-electron chi connectivity index (χ0n) is 12.7. The van der Waals surface area contributed by atoms with Gasteiger partial charge in [0.15, 0.2) is 9.84 Å². The van der Waals surface area contributed by atoms with Gasteiger partial charge in [0.2, 0.25) is 0 Å². The molecule has 21 heavy (non-hydrogen) atoms. The van der Waals surface area contributed by atoms with Crippen LogP contribution >= 0.6 is 12.4 Å². The maximum absolute atomic E-state index is 12.0. The second-order valence-corrected chi connectivity index (χ2v) is 8.29. The molecule has 1 aromatic carbocycles. The van der Waals surface area contributed by atoms with Gasteiger partial charge in [0.1, 0.15) is 0 Å². The van der Waals surface area contributed by atoms with Crippen LogP contribution in [-0.2, 0) is 9.84 Å². The first-order chi connectivity index (χ1) is 9.04. The summed E-state index contributed by atoms with van der Waals surface area (Å²) >= 11 is 0. The monoisotopic (exact) mass is 334 g/mol. The van der Waals surface area contributed by atoms with Crippen LogP contribution < -0.4 is 11.1 Å². The predicted octanol–water partition coefficient (Wildman–Crippen LogP) is 1.76. The van der Waals surface area contributed by atoms with Gasteiger partial charge in [0.25, 0.3) is 5.91 Å². The Hall–Kier alpha value is -1.11. The first-order valence-corrected chi connectivity index (χ1v) is 8.00. The molecule has 3 N–H and O–H groups in total. The topological polar surface area (TPSA) is 89.3 Å². The highest BCUT2D eigenvalue weighted by Gasteiger charge is 2.19. The van der Waals surface area contributed by atoms with Crippen molar-refractivity contribution >= 4 is 28.2 Å². The number of carbonyl (C=O) groups is 1. The van der Waals surface area contributed by atoms with Crippen molar-refractivity contribution in [1.82, 2.24) is 5.32 Å². The molecule has 1 amide bonds. The van der Waals surface area contributed by atoms with E-state index in [0.29, 0.717) is 12.1 Å². The van der Waals surface area contributed by atoms with Gasteiger partial charge in [-0.25, -0.2) is 8.42 Å². The number of rotatable bonds is 5. The van der Waals surface area contributed by atoms with Crippen molar-refractivity contribution in [2.45, 2.75) is 43.4 Å². The maximum atomic E-state index is 12.0. The van der Waals surface area contributed by atoms with E-state index in [1.54, 1.807) is 13.8 Å². The molecule has 0 aliphatic heterocycles. The summed E-state index contributed by atoms with van der Waals surface area (Å²) in [6.45, 7) is 7.22. The molecule has 0 saturated heterocycles. The molecule has 7 heteroatoms. The maximum Gasteiger partial charge on any atom is 0.251 e. The molecule has 0 spiro atoms. The first kappa shape index (κ1) is 19.9. The van der Waals surface area contributed by atoms with Crippen molar-refractivity contribution in [3.63, 3.8) is 0 Å². The second kappa shape index (κ2) is 7.24. The summed E-state index contributed by atoms with van der Waals surface area (Å²) in [5, 5.41) is 2.22. The van der Waals surface area contributed by atoms with Crippen molar-refractivity contribution in [3.05, 3.63) is 29.8 Å². The van der Waals surface area contributed by atoms with E-state index in [1.807, 2.05) is 13.8 Å². The number of hydrogen-bond donors (Lipinski definition) is 2. The summed E-state index contributed by atoms with van der Waals surface area (Å²) in [5.41, 5.74) is 5.71. The van der Waals surface area contributed by atoms with Crippen LogP contribution in [0.15, 0.2) is 29.2 Å². The fourth-order valence-corrected chi connectivity index (χ4v) is 2.54. The van der Waals surface area contributed by atoms with Crippen molar-refractivity contribution in [2.24, 2.45) is 5.73 Å². The highest BCUT2D eigenvalue weighted by atomic mass is 35.5. The van der Waals surface area contributed by atoms with Gasteiger partial charge >= 0.3 is 0 Å². The minimum absolute atomic E-state index is 0.